The van der Waals surface area contributed by atoms with Gasteiger partial charge in [0, 0.05) is 45.4 Å². The number of hydrogen-bond donors (Lipinski definition) is 6. The molecule has 4 aromatic carbocycles. The number of rotatable bonds is 8. The molecule has 19 nitrogen and oxygen atoms in total. The lowest BCUT2D eigenvalue weighted by Crippen LogP contribution is -2.27. The first-order chi connectivity index (χ1) is 28.5. The van der Waals surface area contributed by atoms with E-state index in [4.69, 9.17) is 8.83 Å². The monoisotopic (exact) mass is 848 g/mol. The zero-order chi connectivity index (χ0) is 42.5. The number of nitrogens with one attached hydrogen (secondary N) is 4. The van der Waals surface area contributed by atoms with E-state index >= 15 is 0 Å². The number of allylic oxidation sites excluding steroid dienone is 2. The van der Waals surface area contributed by atoms with Crippen LogP contribution < -0.4 is 32.7 Å². The van der Waals surface area contributed by atoms with Crippen molar-refractivity contribution in [1.29, 1.82) is 0 Å². The van der Waals surface area contributed by atoms with Crippen LogP contribution in [0, 0.1) is 0 Å². The lowest BCUT2D eigenvalue weighted by atomic mass is 9.94. The molecular weight excluding hydrogens is 825 g/mol. The maximum atomic E-state index is 13.5. The fourth-order valence-corrected chi connectivity index (χ4v) is 7.57. The normalized spacial score (nSPS) is 15.3. The molecule has 2 aromatic heterocycles. The minimum atomic E-state index is -5.01. The molecule has 0 radical (unpaired) electrons. The molecule has 0 spiro atoms. The van der Waals surface area contributed by atoms with Crippen molar-refractivity contribution in [3.63, 3.8) is 0 Å². The summed E-state index contributed by atoms with van der Waals surface area (Å²) in [6, 6.07) is 21.3. The number of urea groups is 1. The molecule has 0 unspecified atom stereocenters. The van der Waals surface area contributed by atoms with E-state index in [-0.39, 0.29) is 44.8 Å². The highest BCUT2D eigenvalue weighted by molar-refractivity contribution is 7.91. The Balaban J connectivity index is 1.00. The fourth-order valence-electron chi connectivity index (χ4n) is 6.25. The molecule has 0 aliphatic heterocycles. The Morgan fingerprint density at radius 3 is 1.32 bits per heavy atom. The molecular formula is C39H24N6O13S2. The number of carbonyl (C=O) groups excluding carboxylic acids is 3. The van der Waals surface area contributed by atoms with Crippen LogP contribution in [-0.2, 0) is 20.2 Å². The van der Waals surface area contributed by atoms with Gasteiger partial charge in [0.2, 0.25) is 11.6 Å². The van der Waals surface area contributed by atoms with Crippen molar-refractivity contribution in [3.05, 3.63) is 150 Å². The number of amides is 2. The van der Waals surface area contributed by atoms with Gasteiger partial charge in [-0.25, -0.2) is 14.4 Å². The van der Waals surface area contributed by atoms with Crippen molar-refractivity contribution in [2.75, 3.05) is 21.5 Å². The van der Waals surface area contributed by atoms with E-state index in [2.05, 4.69) is 31.7 Å². The Kier molecular flexibility index (Phi) is 9.64. The van der Waals surface area contributed by atoms with Gasteiger partial charge in [0.1, 0.15) is 21.0 Å². The molecule has 0 saturated heterocycles. The van der Waals surface area contributed by atoms with Crippen LogP contribution in [0.25, 0.3) is 34.1 Å². The minimum Gasteiger partial charge on any atom is -0.423 e. The van der Waals surface area contributed by atoms with E-state index < -0.39 is 70.3 Å². The first kappa shape index (κ1) is 39.0. The van der Waals surface area contributed by atoms with Gasteiger partial charge in [0.15, 0.2) is 11.4 Å². The summed E-state index contributed by atoms with van der Waals surface area (Å²) in [5.41, 5.74) is 4.10. The number of carbonyl (C=O) groups is 3. The molecule has 2 aliphatic rings. The van der Waals surface area contributed by atoms with Gasteiger partial charge in [-0.15, -0.1) is 0 Å². The third kappa shape index (κ3) is 7.86. The highest BCUT2D eigenvalue weighted by atomic mass is 32.2. The van der Waals surface area contributed by atoms with E-state index in [9.17, 15) is 49.9 Å². The van der Waals surface area contributed by atoms with Crippen molar-refractivity contribution < 1.29 is 49.2 Å². The summed E-state index contributed by atoms with van der Waals surface area (Å²) >= 11 is 0. The predicted octanol–water partition coefficient (Wildman–Crippen LogP) is 5.33. The fraction of sp³-hybridized carbons (Fsp3) is 0. The summed E-state index contributed by atoms with van der Waals surface area (Å²) in [5, 5.41) is 14.0. The van der Waals surface area contributed by atoms with Crippen LogP contribution in [0.2, 0.25) is 0 Å². The van der Waals surface area contributed by atoms with Crippen LogP contribution in [0.1, 0.15) is 31.8 Å². The summed E-state index contributed by atoms with van der Waals surface area (Å²) in [7, 11) is -10.0. The summed E-state index contributed by atoms with van der Waals surface area (Å²) in [6.45, 7) is 0. The largest absolute Gasteiger partial charge is 0.423 e. The zero-order valence-corrected chi connectivity index (χ0v) is 31.6. The highest BCUT2D eigenvalue weighted by Crippen LogP contribution is 2.31. The van der Waals surface area contributed by atoms with Crippen LogP contribution in [0.5, 0.6) is 0 Å². The van der Waals surface area contributed by atoms with Crippen LogP contribution in [0.4, 0.5) is 27.5 Å². The molecule has 8 rings (SSSR count). The van der Waals surface area contributed by atoms with Gasteiger partial charge in [0.25, 0.3) is 20.2 Å². The third-order valence-corrected chi connectivity index (χ3v) is 10.7. The molecule has 0 atom stereocenters. The highest BCUT2D eigenvalue weighted by Gasteiger charge is 2.34. The zero-order valence-electron chi connectivity index (χ0n) is 30.0. The molecule has 0 fully saturated rings. The van der Waals surface area contributed by atoms with Gasteiger partial charge < -0.3 is 19.5 Å². The van der Waals surface area contributed by atoms with Gasteiger partial charge in [-0.05, 0) is 108 Å². The smallest absolute Gasteiger partial charge is 0.336 e. The van der Waals surface area contributed by atoms with E-state index in [1.807, 2.05) is 0 Å². The molecule has 2 heterocycles. The average molecular weight is 849 g/mol. The van der Waals surface area contributed by atoms with Crippen molar-refractivity contribution >= 4 is 106 Å². The molecule has 6 aromatic rings. The van der Waals surface area contributed by atoms with Crippen LogP contribution >= 0.6 is 0 Å². The Hall–Kier alpha value is -7.85. The van der Waals surface area contributed by atoms with E-state index in [0.29, 0.717) is 22.1 Å². The van der Waals surface area contributed by atoms with Gasteiger partial charge in [-0.3, -0.25) is 29.5 Å². The van der Waals surface area contributed by atoms with Crippen LogP contribution in [0.15, 0.2) is 135 Å². The number of hydrazone groups is 2. The SMILES string of the molecule is O=C(Nc1ccc2c(c1)C=C(S(=O)(=O)O)/C(=N/Nc1ccc3oc(=O)ccc3c1)C2=O)Nc1ccc2c(c1)C=C(S(=O)(=O)O)/C(=N/Nc1ccc3oc(=O)ccc3c1)C2=O. The van der Waals surface area contributed by atoms with Gasteiger partial charge in [0.05, 0.1) is 11.4 Å². The van der Waals surface area contributed by atoms with Crippen molar-refractivity contribution in [2.24, 2.45) is 10.2 Å². The standard InChI is InChI=1S/C39H24N6O13S2/c46-33-11-1-19-13-25(5-9-29(19)57-33)42-44-35-31(59(51,52)53)17-21-15-23(3-7-27(21)37(35)48)40-39(50)41-24-4-8-28-22(16-24)18-32(60(54,55)56)36(38(28)49)45-43-26-6-10-30-20(14-26)2-12-34(47)58-30/h1-18,42-43H,(H2,40,41,50)(H,51,52,53)(H,54,55,56)/b44-35-,45-36-. The maximum Gasteiger partial charge on any atom is 0.336 e. The summed E-state index contributed by atoms with van der Waals surface area (Å²) in [5.74, 6) is -1.74. The number of Topliss-reactive ketones (excluding diaryl/α,β-unsaturated/α-hetero) is 2. The molecule has 2 aliphatic carbocycles. The average Bonchev–Trinajstić information content (AvgIpc) is 3.19. The van der Waals surface area contributed by atoms with Gasteiger partial charge in [-0.1, -0.05) is 0 Å². The van der Waals surface area contributed by atoms with Crippen LogP contribution in [-0.4, -0.2) is 55.0 Å². The Labute approximate surface area is 335 Å². The van der Waals surface area contributed by atoms with E-state index in [0.717, 1.165) is 12.2 Å². The topological polar surface area (TPSA) is 293 Å². The molecule has 300 valence electrons. The quantitative estimate of drug-likeness (QED) is 0.0641. The van der Waals surface area contributed by atoms with Crippen molar-refractivity contribution in [1.82, 2.24) is 0 Å². The first-order valence-corrected chi connectivity index (χ1v) is 20.0. The summed E-state index contributed by atoms with van der Waals surface area (Å²) < 4.78 is 79.8. The molecule has 6 N–H and O–H groups in total. The second kappa shape index (κ2) is 14.8. The first-order valence-electron chi connectivity index (χ1n) is 17.1. The van der Waals surface area contributed by atoms with Gasteiger partial charge >= 0.3 is 17.3 Å². The number of ketones is 2. The number of nitrogens with zero attached hydrogens (tertiary/aromatic N) is 2. The van der Waals surface area contributed by atoms with Crippen molar-refractivity contribution in [2.45, 2.75) is 0 Å². The second-order valence-corrected chi connectivity index (χ2v) is 15.7. The summed E-state index contributed by atoms with van der Waals surface area (Å²) in [6.07, 6.45) is 2.00. The van der Waals surface area contributed by atoms with Crippen LogP contribution in [0.3, 0.4) is 0 Å². The summed E-state index contributed by atoms with van der Waals surface area (Å²) in [4.78, 5) is 61.4. The Morgan fingerprint density at radius 2 is 0.917 bits per heavy atom. The number of benzene rings is 4. The molecule has 2 amide bonds. The third-order valence-electron chi connectivity index (χ3n) is 8.97. The van der Waals surface area contributed by atoms with E-state index in [1.54, 1.807) is 0 Å². The Bertz CT molecular complexity index is 3160. The van der Waals surface area contributed by atoms with Crippen molar-refractivity contribution in [3.8, 4) is 0 Å². The maximum absolute atomic E-state index is 13.5. The minimum absolute atomic E-state index is 0.0137. The lowest BCUT2D eigenvalue weighted by molar-refractivity contribution is 0.105. The lowest BCUT2D eigenvalue weighted by Gasteiger charge is -2.18. The molecule has 0 bridgehead atoms. The Morgan fingerprint density at radius 1 is 0.517 bits per heavy atom. The molecule has 0 saturated carbocycles. The molecule has 60 heavy (non-hydrogen) atoms. The number of anilines is 4. The number of hydrogen-bond acceptors (Lipinski definition) is 15. The molecule has 21 heteroatoms. The van der Waals surface area contributed by atoms with E-state index in [1.165, 1.54) is 97.1 Å². The second-order valence-electron chi connectivity index (χ2n) is 13.0. The number of fused-ring (bicyclic) bond motifs is 4. The van der Waals surface area contributed by atoms with Gasteiger partial charge in [-0.2, -0.15) is 27.0 Å². The predicted molar refractivity (Wildman–Crippen MR) is 220 cm³/mol.